The molecule has 1 aliphatic heterocycles. The lowest BCUT2D eigenvalue weighted by Gasteiger charge is -2.33. The van der Waals surface area contributed by atoms with E-state index in [4.69, 9.17) is 18.0 Å². The first kappa shape index (κ1) is 9.89. The fraction of sp³-hybridized carbons (Fsp3) is 0.875. The van der Waals surface area contributed by atoms with Gasteiger partial charge in [-0.05, 0) is 12.3 Å². The van der Waals surface area contributed by atoms with Crippen molar-refractivity contribution in [3.63, 3.8) is 0 Å². The second kappa shape index (κ2) is 4.16. The van der Waals surface area contributed by atoms with Crippen molar-refractivity contribution in [3.8, 4) is 0 Å². The van der Waals surface area contributed by atoms with E-state index in [2.05, 4.69) is 11.8 Å². The Morgan fingerprint density at radius 2 is 2.42 bits per heavy atom. The van der Waals surface area contributed by atoms with E-state index in [9.17, 15) is 5.11 Å². The number of thiocarbonyl (C=S) groups is 1. The topological polar surface area (TPSA) is 49.5 Å². The number of hydrogen-bond acceptors (Lipinski definition) is 3. The van der Waals surface area contributed by atoms with Gasteiger partial charge in [0.2, 0.25) is 0 Å². The Balaban J connectivity index is 2.35. The molecule has 2 unspecified atom stereocenters. The van der Waals surface area contributed by atoms with Crippen LogP contribution in [0.3, 0.4) is 0 Å². The molecule has 2 atom stereocenters. The average Bonchev–Trinajstić information content (AvgIpc) is 1.96. The quantitative estimate of drug-likeness (QED) is 0.598. The highest BCUT2D eigenvalue weighted by molar-refractivity contribution is 7.80. The number of aliphatic hydroxyl groups excluding tert-OH is 1. The van der Waals surface area contributed by atoms with E-state index in [1.54, 1.807) is 0 Å². The van der Waals surface area contributed by atoms with Crippen molar-refractivity contribution in [1.82, 2.24) is 4.90 Å². The standard InChI is InChI=1S/C8H16N2OS/c1-6-4-10(5-8(9)12)3-2-7(6)11/h6-7,11H,2-5H2,1H3,(H2,9,12). The summed E-state index contributed by atoms with van der Waals surface area (Å²) in [5.41, 5.74) is 5.43. The predicted molar refractivity (Wildman–Crippen MR) is 53.0 cm³/mol. The normalized spacial score (nSPS) is 31.8. The van der Waals surface area contributed by atoms with Gasteiger partial charge in [0, 0.05) is 19.6 Å². The molecule has 3 nitrogen and oxygen atoms in total. The van der Waals surface area contributed by atoms with Crippen molar-refractivity contribution >= 4 is 17.2 Å². The third kappa shape index (κ3) is 2.69. The summed E-state index contributed by atoms with van der Waals surface area (Å²) in [4.78, 5) is 2.73. The lowest BCUT2D eigenvalue weighted by molar-refractivity contribution is 0.0412. The van der Waals surface area contributed by atoms with Gasteiger partial charge < -0.3 is 10.8 Å². The zero-order valence-corrected chi connectivity index (χ0v) is 8.18. The van der Waals surface area contributed by atoms with Crippen molar-refractivity contribution in [2.75, 3.05) is 19.6 Å². The van der Waals surface area contributed by atoms with E-state index < -0.39 is 0 Å². The van der Waals surface area contributed by atoms with Gasteiger partial charge in [-0.15, -0.1) is 0 Å². The fourth-order valence-corrected chi connectivity index (χ4v) is 1.77. The van der Waals surface area contributed by atoms with Gasteiger partial charge in [0.05, 0.1) is 11.1 Å². The molecule has 0 aromatic rings. The van der Waals surface area contributed by atoms with E-state index in [0.717, 1.165) is 19.5 Å². The largest absolute Gasteiger partial charge is 0.393 e. The van der Waals surface area contributed by atoms with Crippen molar-refractivity contribution in [1.29, 1.82) is 0 Å². The van der Waals surface area contributed by atoms with Crippen molar-refractivity contribution in [2.24, 2.45) is 11.7 Å². The highest BCUT2D eigenvalue weighted by atomic mass is 32.1. The molecular formula is C8H16N2OS. The molecule has 0 bridgehead atoms. The van der Waals surface area contributed by atoms with E-state index in [0.29, 0.717) is 17.5 Å². The number of nitrogens with two attached hydrogens (primary N) is 1. The molecule has 0 aliphatic carbocycles. The molecule has 1 rings (SSSR count). The van der Waals surface area contributed by atoms with Crippen molar-refractivity contribution < 1.29 is 5.11 Å². The maximum atomic E-state index is 9.44. The molecule has 1 heterocycles. The lowest BCUT2D eigenvalue weighted by atomic mass is 9.97. The summed E-state index contributed by atoms with van der Waals surface area (Å²) in [6.45, 7) is 4.55. The minimum Gasteiger partial charge on any atom is -0.393 e. The minimum atomic E-state index is -0.146. The Hall–Kier alpha value is -0.190. The van der Waals surface area contributed by atoms with Gasteiger partial charge in [-0.2, -0.15) is 0 Å². The molecule has 1 aliphatic rings. The Bertz CT molecular complexity index is 174. The smallest absolute Gasteiger partial charge is 0.0870 e. The summed E-state index contributed by atoms with van der Waals surface area (Å²) in [6, 6.07) is 0. The van der Waals surface area contributed by atoms with Crippen LogP contribution in [0.4, 0.5) is 0 Å². The zero-order valence-electron chi connectivity index (χ0n) is 7.36. The third-order valence-corrected chi connectivity index (χ3v) is 2.45. The summed E-state index contributed by atoms with van der Waals surface area (Å²) in [5, 5.41) is 9.44. The van der Waals surface area contributed by atoms with Gasteiger partial charge in [-0.1, -0.05) is 19.1 Å². The summed E-state index contributed by atoms with van der Waals surface area (Å²) in [5.74, 6) is 0.341. The number of piperidine rings is 1. The van der Waals surface area contributed by atoms with Gasteiger partial charge in [0.15, 0.2) is 0 Å². The van der Waals surface area contributed by atoms with E-state index in [-0.39, 0.29) is 6.10 Å². The minimum absolute atomic E-state index is 0.146. The molecule has 1 fully saturated rings. The maximum absolute atomic E-state index is 9.44. The number of rotatable bonds is 2. The second-order valence-corrected chi connectivity index (χ2v) is 4.06. The predicted octanol–water partition coefficient (Wildman–Crippen LogP) is -0.0248. The maximum Gasteiger partial charge on any atom is 0.0870 e. The molecule has 0 radical (unpaired) electrons. The molecule has 12 heavy (non-hydrogen) atoms. The van der Waals surface area contributed by atoms with Crippen molar-refractivity contribution in [2.45, 2.75) is 19.4 Å². The molecule has 1 saturated heterocycles. The van der Waals surface area contributed by atoms with E-state index in [1.807, 2.05) is 0 Å². The van der Waals surface area contributed by atoms with Crippen LogP contribution in [0.25, 0.3) is 0 Å². The highest BCUT2D eigenvalue weighted by Gasteiger charge is 2.23. The summed E-state index contributed by atoms with van der Waals surface area (Å²) < 4.78 is 0. The Morgan fingerprint density at radius 3 is 2.92 bits per heavy atom. The van der Waals surface area contributed by atoms with Crippen molar-refractivity contribution in [3.05, 3.63) is 0 Å². The molecule has 0 spiro atoms. The number of likely N-dealkylation sites (tertiary alicyclic amines) is 1. The zero-order chi connectivity index (χ0) is 9.14. The molecule has 0 aromatic carbocycles. The first-order valence-corrected chi connectivity index (χ1v) is 4.69. The van der Waals surface area contributed by atoms with Crippen LogP contribution in [-0.2, 0) is 0 Å². The molecule has 0 amide bonds. The monoisotopic (exact) mass is 188 g/mol. The van der Waals surface area contributed by atoms with Gasteiger partial charge in [0.1, 0.15) is 0 Å². The van der Waals surface area contributed by atoms with Crippen LogP contribution in [0.15, 0.2) is 0 Å². The Kier molecular flexibility index (Phi) is 3.43. The van der Waals surface area contributed by atoms with Gasteiger partial charge >= 0.3 is 0 Å². The van der Waals surface area contributed by atoms with Crippen LogP contribution in [0.5, 0.6) is 0 Å². The average molecular weight is 188 g/mol. The molecule has 70 valence electrons. The van der Waals surface area contributed by atoms with Gasteiger partial charge in [-0.25, -0.2) is 0 Å². The molecular weight excluding hydrogens is 172 g/mol. The number of nitrogens with zero attached hydrogens (tertiary/aromatic N) is 1. The van der Waals surface area contributed by atoms with Crippen LogP contribution in [0, 0.1) is 5.92 Å². The molecule has 0 aromatic heterocycles. The third-order valence-electron chi connectivity index (χ3n) is 2.32. The van der Waals surface area contributed by atoms with Crippen LogP contribution < -0.4 is 5.73 Å². The fourth-order valence-electron chi connectivity index (χ4n) is 1.58. The summed E-state index contributed by atoms with van der Waals surface area (Å²) >= 11 is 4.82. The SMILES string of the molecule is CC1CN(CC(N)=S)CCC1O. The first-order chi connectivity index (χ1) is 5.59. The Morgan fingerprint density at radius 1 is 1.75 bits per heavy atom. The highest BCUT2D eigenvalue weighted by Crippen LogP contribution is 2.15. The molecule has 3 N–H and O–H groups in total. The van der Waals surface area contributed by atoms with Crippen LogP contribution in [0.1, 0.15) is 13.3 Å². The second-order valence-electron chi connectivity index (χ2n) is 3.53. The van der Waals surface area contributed by atoms with Crippen LogP contribution >= 0.6 is 12.2 Å². The van der Waals surface area contributed by atoms with E-state index >= 15 is 0 Å². The summed E-state index contributed by atoms with van der Waals surface area (Å²) in [6.07, 6.45) is 0.691. The van der Waals surface area contributed by atoms with Gasteiger partial charge in [0.25, 0.3) is 0 Å². The Labute approximate surface area is 78.5 Å². The van der Waals surface area contributed by atoms with E-state index in [1.165, 1.54) is 0 Å². The number of aliphatic hydroxyl groups is 1. The number of hydrogen-bond donors (Lipinski definition) is 2. The van der Waals surface area contributed by atoms with Gasteiger partial charge in [-0.3, -0.25) is 4.90 Å². The lowest BCUT2D eigenvalue weighted by Crippen LogP contribution is -2.44. The van der Waals surface area contributed by atoms with Crippen LogP contribution in [0.2, 0.25) is 0 Å². The van der Waals surface area contributed by atoms with Crippen LogP contribution in [-0.4, -0.2) is 40.7 Å². The molecule has 0 saturated carbocycles. The first-order valence-electron chi connectivity index (χ1n) is 4.28. The summed E-state index contributed by atoms with van der Waals surface area (Å²) in [7, 11) is 0. The molecule has 4 heteroatoms.